The number of likely N-dealkylation sites (tertiary alicyclic amines) is 1. The molecule has 0 aromatic carbocycles. The zero-order valence-corrected chi connectivity index (χ0v) is 30.8. The van der Waals surface area contributed by atoms with Crippen molar-refractivity contribution < 1.29 is 33.1 Å². The third-order valence-corrected chi connectivity index (χ3v) is 14.3. The number of unbranched alkanes of at least 4 members (excludes halogenated alkanes) is 1. The van der Waals surface area contributed by atoms with E-state index in [9.17, 15) is 19.2 Å². The Morgan fingerprint density at radius 2 is 1.76 bits per heavy atom. The number of esters is 2. The van der Waals surface area contributed by atoms with Gasteiger partial charge in [-0.25, -0.2) is 4.79 Å². The van der Waals surface area contributed by atoms with E-state index >= 15 is 0 Å². The standard InChI is InChI=1S/C35H59N3O7Si/c1-12-15-16-19-37(25-17-18-25)23-27(31(41)44-33(4,5)6)30(40)38-22-26(45-46(10,11)34(7,8)9)20-28(38)29(39)36-35(21-24(35)13-2)32(42)43-14-3/h12-13,24-28H,1-2,14-23H2,3-11H3,(H,36,39)/t24-,26-,27+,28+,35-/m1/s1. The van der Waals surface area contributed by atoms with Gasteiger partial charge in [0.1, 0.15) is 23.1 Å². The summed E-state index contributed by atoms with van der Waals surface area (Å²) >= 11 is 0. The van der Waals surface area contributed by atoms with Crippen LogP contribution >= 0.6 is 0 Å². The van der Waals surface area contributed by atoms with Crippen molar-refractivity contribution >= 4 is 32.1 Å². The molecule has 0 aromatic heterocycles. The van der Waals surface area contributed by atoms with Crippen LogP contribution in [0.4, 0.5) is 0 Å². The molecule has 0 unspecified atom stereocenters. The molecule has 3 aliphatic rings. The fraction of sp³-hybridized carbons (Fsp3) is 0.771. The first-order valence-electron chi connectivity index (χ1n) is 17.0. The second-order valence-electron chi connectivity index (χ2n) is 15.7. The van der Waals surface area contributed by atoms with Gasteiger partial charge in [-0.2, -0.15) is 0 Å². The summed E-state index contributed by atoms with van der Waals surface area (Å²) < 4.78 is 17.9. The van der Waals surface area contributed by atoms with Gasteiger partial charge in [-0.05, 0) is 84.5 Å². The predicted molar refractivity (Wildman–Crippen MR) is 181 cm³/mol. The molecule has 2 aliphatic carbocycles. The summed E-state index contributed by atoms with van der Waals surface area (Å²) in [5.41, 5.74) is -2.00. The lowest BCUT2D eigenvalue weighted by Crippen LogP contribution is -2.55. The van der Waals surface area contributed by atoms with Crippen LogP contribution in [0.15, 0.2) is 25.3 Å². The lowest BCUT2D eigenvalue weighted by atomic mass is 10.0. The maximum Gasteiger partial charge on any atom is 0.332 e. The van der Waals surface area contributed by atoms with Gasteiger partial charge in [-0.15, -0.1) is 13.2 Å². The summed E-state index contributed by atoms with van der Waals surface area (Å²) in [6.07, 6.45) is 7.49. The van der Waals surface area contributed by atoms with E-state index in [0.717, 1.165) is 32.2 Å². The number of rotatable bonds is 16. The number of amides is 2. The van der Waals surface area contributed by atoms with E-state index in [4.69, 9.17) is 13.9 Å². The summed E-state index contributed by atoms with van der Waals surface area (Å²) in [6, 6.07) is -0.621. The number of hydrogen-bond acceptors (Lipinski definition) is 8. The van der Waals surface area contributed by atoms with E-state index in [1.165, 1.54) is 4.90 Å². The highest BCUT2D eigenvalue weighted by atomic mass is 28.4. The van der Waals surface area contributed by atoms with Gasteiger partial charge in [0.15, 0.2) is 8.32 Å². The maximum absolute atomic E-state index is 14.6. The van der Waals surface area contributed by atoms with Crippen LogP contribution in [0.3, 0.4) is 0 Å². The van der Waals surface area contributed by atoms with Gasteiger partial charge in [-0.3, -0.25) is 19.3 Å². The van der Waals surface area contributed by atoms with Crippen molar-refractivity contribution in [3.63, 3.8) is 0 Å². The number of nitrogens with one attached hydrogen (secondary N) is 1. The Labute approximate surface area is 277 Å². The van der Waals surface area contributed by atoms with E-state index in [0.29, 0.717) is 12.5 Å². The molecule has 1 aliphatic heterocycles. The number of carbonyl (C=O) groups excluding carboxylic acids is 4. The van der Waals surface area contributed by atoms with Crippen molar-refractivity contribution in [3.8, 4) is 0 Å². The van der Waals surface area contributed by atoms with Crippen LogP contribution in [0.1, 0.15) is 87.0 Å². The van der Waals surface area contributed by atoms with Gasteiger partial charge in [0.2, 0.25) is 11.8 Å². The first-order valence-corrected chi connectivity index (χ1v) is 19.9. The van der Waals surface area contributed by atoms with Crippen molar-refractivity contribution in [1.82, 2.24) is 15.1 Å². The Balaban J connectivity index is 1.96. The summed E-state index contributed by atoms with van der Waals surface area (Å²) in [7, 11) is -2.28. The summed E-state index contributed by atoms with van der Waals surface area (Å²) in [5.74, 6) is -3.41. The van der Waals surface area contributed by atoms with E-state index in [1.807, 2.05) is 6.08 Å². The van der Waals surface area contributed by atoms with Crippen molar-refractivity contribution in [2.45, 2.75) is 134 Å². The van der Waals surface area contributed by atoms with Gasteiger partial charge in [0, 0.05) is 31.5 Å². The zero-order chi connectivity index (χ0) is 34.7. The number of nitrogens with zero attached hydrogens (tertiary/aromatic N) is 2. The first-order chi connectivity index (χ1) is 21.3. The SMILES string of the molecule is C=CCCCN(C[C@H](C(=O)OC(C)(C)C)C(=O)N1C[C@H](O[Si](C)(C)C(C)(C)C)C[C@H]1C(=O)N[C@]1(C(=O)OCC)C[C@H]1C=C)C1CC1. The molecule has 3 rings (SSSR count). The topological polar surface area (TPSA) is 114 Å². The fourth-order valence-electron chi connectivity index (χ4n) is 5.90. The normalized spacial score (nSPS) is 25.5. The minimum absolute atomic E-state index is 0.0867. The highest BCUT2D eigenvalue weighted by Gasteiger charge is 2.62. The van der Waals surface area contributed by atoms with Crippen molar-refractivity contribution in [2.24, 2.45) is 11.8 Å². The molecule has 1 heterocycles. The van der Waals surface area contributed by atoms with Crippen molar-refractivity contribution in [2.75, 3.05) is 26.2 Å². The van der Waals surface area contributed by atoms with Crippen LogP contribution in [-0.4, -0.2) is 97.4 Å². The summed E-state index contributed by atoms with van der Waals surface area (Å²) in [4.78, 5) is 59.2. The molecule has 0 spiro atoms. The van der Waals surface area contributed by atoms with Crippen LogP contribution in [0, 0.1) is 11.8 Å². The van der Waals surface area contributed by atoms with Crippen LogP contribution in [0.25, 0.3) is 0 Å². The fourth-order valence-corrected chi connectivity index (χ4v) is 7.25. The molecule has 0 bridgehead atoms. The number of hydrogen-bond donors (Lipinski definition) is 1. The second-order valence-corrected chi connectivity index (χ2v) is 20.5. The maximum atomic E-state index is 14.6. The van der Waals surface area contributed by atoms with Gasteiger partial charge in [-0.1, -0.05) is 32.9 Å². The molecule has 5 atom stereocenters. The minimum Gasteiger partial charge on any atom is -0.464 e. The Kier molecular flexibility index (Phi) is 12.1. The molecule has 260 valence electrons. The molecule has 1 N–H and O–H groups in total. The lowest BCUT2D eigenvalue weighted by molar-refractivity contribution is -0.166. The smallest absolute Gasteiger partial charge is 0.332 e. The molecule has 11 heteroatoms. The van der Waals surface area contributed by atoms with Crippen LogP contribution in [-0.2, 0) is 33.1 Å². The summed E-state index contributed by atoms with van der Waals surface area (Å²) in [6.45, 7) is 26.7. The highest BCUT2D eigenvalue weighted by Crippen LogP contribution is 2.46. The average molecular weight is 662 g/mol. The van der Waals surface area contributed by atoms with Gasteiger partial charge in [0.05, 0.1) is 12.7 Å². The molecular weight excluding hydrogens is 602 g/mol. The van der Waals surface area contributed by atoms with E-state index in [2.05, 4.69) is 57.2 Å². The minimum atomic E-state index is -2.28. The first kappa shape index (κ1) is 37.9. The molecular formula is C35H59N3O7Si. The molecule has 1 saturated heterocycles. The summed E-state index contributed by atoms with van der Waals surface area (Å²) in [5, 5.41) is 2.86. The Bertz CT molecular complexity index is 1160. The van der Waals surface area contributed by atoms with Crippen LogP contribution in [0.2, 0.25) is 18.1 Å². The third-order valence-electron chi connectivity index (χ3n) is 9.72. The van der Waals surface area contributed by atoms with Gasteiger partial charge >= 0.3 is 11.9 Å². The Hall–Kier alpha value is -2.50. The van der Waals surface area contributed by atoms with Crippen molar-refractivity contribution in [1.29, 1.82) is 0 Å². The van der Waals surface area contributed by atoms with E-state index < -0.39 is 61.3 Å². The quantitative estimate of drug-likeness (QED) is 0.0810. The molecule has 0 radical (unpaired) electrons. The van der Waals surface area contributed by atoms with Gasteiger partial charge < -0.3 is 24.1 Å². The van der Waals surface area contributed by atoms with Gasteiger partial charge in [0.25, 0.3) is 0 Å². The van der Waals surface area contributed by atoms with E-state index in [-0.39, 0.29) is 37.1 Å². The molecule has 10 nitrogen and oxygen atoms in total. The number of ether oxygens (including phenoxy) is 2. The van der Waals surface area contributed by atoms with Crippen LogP contribution < -0.4 is 5.32 Å². The molecule has 2 saturated carbocycles. The third kappa shape index (κ3) is 9.31. The lowest BCUT2D eigenvalue weighted by Gasteiger charge is -2.38. The monoisotopic (exact) mass is 661 g/mol. The van der Waals surface area contributed by atoms with E-state index in [1.54, 1.807) is 33.8 Å². The number of allylic oxidation sites excluding steroid dienone is 1. The second kappa shape index (κ2) is 14.7. The zero-order valence-electron chi connectivity index (χ0n) is 29.8. The largest absolute Gasteiger partial charge is 0.464 e. The molecule has 2 amide bonds. The Morgan fingerprint density at radius 1 is 1.11 bits per heavy atom. The molecule has 0 aromatic rings. The Morgan fingerprint density at radius 3 is 2.26 bits per heavy atom. The molecule has 46 heavy (non-hydrogen) atoms. The molecule has 3 fully saturated rings. The number of carbonyl (C=O) groups is 4. The van der Waals surface area contributed by atoms with Crippen molar-refractivity contribution in [3.05, 3.63) is 25.3 Å². The highest BCUT2D eigenvalue weighted by molar-refractivity contribution is 6.74. The van der Waals surface area contributed by atoms with Crippen LogP contribution in [0.5, 0.6) is 0 Å². The predicted octanol–water partition coefficient (Wildman–Crippen LogP) is 4.99. The average Bonchev–Trinajstić information content (AvgIpc) is 3.85.